The molecule has 1 saturated heterocycles. The molecule has 0 aromatic heterocycles. The first kappa shape index (κ1) is 12.7. The van der Waals surface area contributed by atoms with Crippen LogP contribution in [0.4, 0.5) is 0 Å². The van der Waals surface area contributed by atoms with Gasteiger partial charge in [0.1, 0.15) is 11.6 Å². The highest BCUT2D eigenvalue weighted by Crippen LogP contribution is 2.13. The Hall–Kier alpha value is -1.34. The standard InChI is InChI=1S/C12H19N3O/c1-12(2,14)8-10(9-13)11(16)15-6-4-3-5-7-15/h8H,3-7,14H2,1-2H3. The van der Waals surface area contributed by atoms with E-state index in [0.29, 0.717) is 0 Å². The van der Waals surface area contributed by atoms with Crippen LogP contribution >= 0.6 is 0 Å². The zero-order valence-corrected chi connectivity index (χ0v) is 9.99. The number of nitriles is 1. The molecule has 0 bridgehead atoms. The van der Waals surface area contributed by atoms with Crippen LogP contribution in [0.3, 0.4) is 0 Å². The fraction of sp³-hybridized carbons (Fsp3) is 0.667. The van der Waals surface area contributed by atoms with Gasteiger partial charge in [0, 0.05) is 18.6 Å². The predicted octanol–water partition coefficient (Wildman–Crippen LogP) is 1.19. The third-order valence-electron chi connectivity index (χ3n) is 2.51. The monoisotopic (exact) mass is 221 g/mol. The summed E-state index contributed by atoms with van der Waals surface area (Å²) >= 11 is 0. The average Bonchev–Trinajstić information content (AvgIpc) is 2.25. The number of carbonyl (C=O) groups is 1. The summed E-state index contributed by atoms with van der Waals surface area (Å²) in [5.41, 5.74) is 5.31. The van der Waals surface area contributed by atoms with E-state index >= 15 is 0 Å². The summed E-state index contributed by atoms with van der Waals surface area (Å²) in [5, 5.41) is 8.97. The van der Waals surface area contributed by atoms with E-state index in [0.717, 1.165) is 32.4 Å². The minimum atomic E-state index is -0.628. The van der Waals surface area contributed by atoms with Crippen LogP contribution in [0.25, 0.3) is 0 Å². The Kier molecular flexibility index (Phi) is 4.08. The van der Waals surface area contributed by atoms with Gasteiger partial charge in [-0.3, -0.25) is 4.79 Å². The summed E-state index contributed by atoms with van der Waals surface area (Å²) in [5.74, 6) is -0.180. The van der Waals surface area contributed by atoms with Gasteiger partial charge in [0.2, 0.25) is 0 Å². The highest BCUT2D eigenvalue weighted by Gasteiger charge is 2.22. The van der Waals surface area contributed by atoms with Crippen LogP contribution in [0.5, 0.6) is 0 Å². The molecule has 0 aliphatic carbocycles. The van der Waals surface area contributed by atoms with E-state index in [-0.39, 0.29) is 11.5 Å². The number of hydrogen-bond acceptors (Lipinski definition) is 3. The number of likely N-dealkylation sites (tertiary alicyclic amines) is 1. The van der Waals surface area contributed by atoms with Crippen molar-refractivity contribution in [2.24, 2.45) is 5.73 Å². The van der Waals surface area contributed by atoms with Crippen molar-refractivity contribution < 1.29 is 4.79 Å². The van der Waals surface area contributed by atoms with Crippen molar-refractivity contribution >= 4 is 5.91 Å². The maximum atomic E-state index is 12.0. The maximum absolute atomic E-state index is 12.0. The third-order valence-corrected chi connectivity index (χ3v) is 2.51. The molecular formula is C12H19N3O. The van der Waals surface area contributed by atoms with E-state index in [4.69, 9.17) is 11.0 Å². The van der Waals surface area contributed by atoms with E-state index in [9.17, 15) is 4.79 Å². The molecule has 1 aliphatic rings. The molecule has 0 aromatic carbocycles. The number of amides is 1. The largest absolute Gasteiger partial charge is 0.338 e. The zero-order chi connectivity index (χ0) is 12.2. The third kappa shape index (κ3) is 3.67. The number of rotatable bonds is 2. The molecule has 0 atom stereocenters. The van der Waals surface area contributed by atoms with Gasteiger partial charge in [-0.1, -0.05) is 0 Å². The Morgan fingerprint density at radius 3 is 2.38 bits per heavy atom. The molecule has 1 aliphatic heterocycles. The van der Waals surface area contributed by atoms with Crippen LogP contribution in [0.1, 0.15) is 33.1 Å². The molecule has 1 heterocycles. The van der Waals surface area contributed by atoms with Gasteiger partial charge in [-0.2, -0.15) is 5.26 Å². The topological polar surface area (TPSA) is 70.1 Å². The zero-order valence-electron chi connectivity index (χ0n) is 9.99. The van der Waals surface area contributed by atoms with E-state index < -0.39 is 5.54 Å². The molecule has 16 heavy (non-hydrogen) atoms. The lowest BCUT2D eigenvalue weighted by molar-refractivity contribution is -0.127. The molecule has 1 rings (SSSR count). The highest BCUT2D eigenvalue weighted by molar-refractivity contribution is 5.97. The van der Waals surface area contributed by atoms with Crippen LogP contribution in [0.2, 0.25) is 0 Å². The molecule has 0 unspecified atom stereocenters. The molecule has 1 amide bonds. The van der Waals surface area contributed by atoms with E-state index in [2.05, 4.69) is 0 Å². The van der Waals surface area contributed by atoms with Crippen molar-refractivity contribution in [1.82, 2.24) is 4.90 Å². The molecule has 0 saturated carbocycles. The highest BCUT2D eigenvalue weighted by atomic mass is 16.2. The first-order valence-electron chi connectivity index (χ1n) is 5.65. The van der Waals surface area contributed by atoms with Crippen molar-refractivity contribution in [2.45, 2.75) is 38.6 Å². The van der Waals surface area contributed by atoms with Gasteiger partial charge in [-0.05, 0) is 39.2 Å². The smallest absolute Gasteiger partial charge is 0.264 e. The van der Waals surface area contributed by atoms with Gasteiger partial charge in [0.05, 0.1) is 0 Å². The number of piperidine rings is 1. The van der Waals surface area contributed by atoms with Crippen molar-refractivity contribution in [3.05, 3.63) is 11.6 Å². The number of nitrogens with two attached hydrogens (primary N) is 1. The molecule has 1 fully saturated rings. The molecule has 4 heteroatoms. The van der Waals surface area contributed by atoms with Crippen LogP contribution in [0.15, 0.2) is 11.6 Å². The summed E-state index contributed by atoms with van der Waals surface area (Å²) < 4.78 is 0. The quantitative estimate of drug-likeness (QED) is 0.562. The minimum absolute atomic E-state index is 0.161. The average molecular weight is 221 g/mol. The maximum Gasteiger partial charge on any atom is 0.264 e. The lowest BCUT2D eigenvalue weighted by atomic mass is 10.0. The summed E-state index contributed by atoms with van der Waals surface area (Å²) in [7, 11) is 0. The molecule has 88 valence electrons. The second-order valence-corrected chi connectivity index (χ2v) is 4.84. The Morgan fingerprint density at radius 2 is 1.94 bits per heavy atom. The van der Waals surface area contributed by atoms with Gasteiger partial charge < -0.3 is 10.6 Å². The molecule has 2 N–H and O–H groups in total. The molecular weight excluding hydrogens is 202 g/mol. The summed E-state index contributed by atoms with van der Waals surface area (Å²) in [6.07, 6.45) is 4.76. The Morgan fingerprint density at radius 1 is 1.38 bits per heavy atom. The summed E-state index contributed by atoms with van der Waals surface area (Å²) in [4.78, 5) is 13.7. The fourth-order valence-corrected chi connectivity index (χ4v) is 1.78. The SMILES string of the molecule is CC(C)(N)C=C(C#N)C(=O)N1CCCCC1. The second-order valence-electron chi connectivity index (χ2n) is 4.84. The van der Waals surface area contributed by atoms with Gasteiger partial charge >= 0.3 is 0 Å². The lowest BCUT2D eigenvalue weighted by Gasteiger charge is -2.27. The Bertz CT molecular complexity index is 327. The minimum Gasteiger partial charge on any atom is -0.338 e. The van der Waals surface area contributed by atoms with Gasteiger partial charge in [-0.15, -0.1) is 0 Å². The normalized spacial score (nSPS) is 18.1. The number of nitrogens with zero attached hydrogens (tertiary/aromatic N) is 2. The number of carbonyl (C=O) groups excluding carboxylic acids is 1. The number of hydrogen-bond donors (Lipinski definition) is 1. The van der Waals surface area contributed by atoms with Crippen molar-refractivity contribution in [3.63, 3.8) is 0 Å². The Balaban J connectivity index is 2.77. The Labute approximate surface area is 96.7 Å². The van der Waals surface area contributed by atoms with Crippen molar-refractivity contribution in [3.8, 4) is 6.07 Å². The molecule has 0 radical (unpaired) electrons. The van der Waals surface area contributed by atoms with Crippen molar-refractivity contribution in [1.29, 1.82) is 5.26 Å². The van der Waals surface area contributed by atoms with Gasteiger partial charge in [0.15, 0.2) is 0 Å². The van der Waals surface area contributed by atoms with Gasteiger partial charge in [-0.25, -0.2) is 0 Å². The van der Waals surface area contributed by atoms with E-state index in [1.807, 2.05) is 6.07 Å². The van der Waals surface area contributed by atoms with Crippen molar-refractivity contribution in [2.75, 3.05) is 13.1 Å². The van der Waals surface area contributed by atoms with E-state index in [1.165, 1.54) is 0 Å². The molecule has 0 spiro atoms. The van der Waals surface area contributed by atoms with Crippen LogP contribution in [-0.2, 0) is 4.79 Å². The lowest BCUT2D eigenvalue weighted by Crippen LogP contribution is -2.38. The summed E-state index contributed by atoms with van der Waals surface area (Å²) in [6, 6.07) is 1.95. The van der Waals surface area contributed by atoms with Crippen LogP contribution in [-0.4, -0.2) is 29.4 Å². The van der Waals surface area contributed by atoms with E-state index in [1.54, 1.807) is 24.8 Å². The predicted molar refractivity (Wildman–Crippen MR) is 62.4 cm³/mol. The molecule has 0 aromatic rings. The molecule has 4 nitrogen and oxygen atoms in total. The second kappa shape index (κ2) is 5.13. The summed E-state index contributed by atoms with van der Waals surface area (Å²) in [6.45, 7) is 5.05. The van der Waals surface area contributed by atoms with Crippen LogP contribution in [0, 0.1) is 11.3 Å². The first-order chi connectivity index (χ1) is 7.44. The van der Waals surface area contributed by atoms with Crippen LogP contribution < -0.4 is 5.73 Å². The first-order valence-corrected chi connectivity index (χ1v) is 5.65. The van der Waals surface area contributed by atoms with Gasteiger partial charge in [0.25, 0.3) is 5.91 Å². The fourth-order valence-electron chi connectivity index (χ4n) is 1.78.